The van der Waals surface area contributed by atoms with Gasteiger partial charge in [0.2, 0.25) is 0 Å². The summed E-state index contributed by atoms with van der Waals surface area (Å²) < 4.78 is 1.09. The second-order valence-corrected chi connectivity index (χ2v) is 5.61. The Morgan fingerprint density at radius 3 is 2.31 bits per heavy atom. The fourth-order valence-electron chi connectivity index (χ4n) is 2.00. The molecule has 3 radical (unpaired) electrons. The van der Waals surface area contributed by atoms with Gasteiger partial charge in [-0.25, -0.2) is 0 Å². The molecule has 1 aromatic rings. The van der Waals surface area contributed by atoms with Crippen LogP contribution in [-0.4, -0.2) is 35.4 Å². The molecular weight excluding hydrogens is 210 g/mol. The molecule has 0 aliphatic rings. The third-order valence-electron chi connectivity index (χ3n) is 2.89. The Morgan fingerprint density at radius 1 is 1.00 bits per heavy atom. The summed E-state index contributed by atoms with van der Waals surface area (Å²) >= 11 is 0. The first-order valence-electron chi connectivity index (χ1n) is 6.14. The third kappa shape index (κ3) is 5.47. The Labute approximate surface area is 103 Å². The number of hydrogen-bond acceptors (Lipinski definition) is 0. The molecule has 87 valence electrons. The number of unbranched alkanes of at least 4 members (excludes halogenated alkanes) is 2. The highest BCUT2D eigenvalue weighted by Gasteiger charge is 2.14. The van der Waals surface area contributed by atoms with Crippen molar-refractivity contribution in [2.24, 2.45) is 0 Å². The quantitative estimate of drug-likeness (QED) is 0.386. The molecule has 0 saturated heterocycles. The predicted octanol–water partition coefficient (Wildman–Crippen LogP) is 3.02. The van der Waals surface area contributed by atoms with Crippen molar-refractivity contribution in [2.45, 2.75) is 31.9 Å². The van der Waals surface area contributed by atoms with Gasteiger partial charge < -0.3 is 4.48 Å². The second kappa shape index (κ2) is 6.87. The molecule has 1 aromatic carbocycles. The van der Waals surface area contributed by atoms with Crippen LogP contribution in [0.1, 0.15) is 24.8 Å². The zero-order chi connectivity index (χ0) is 11.9. The third-order valence-corrected chi connectivity index (χ3v) is 3.25. The van der Waals surface area contributed by atoms with Crippen LogP contribution in [0.2, 0.25) is 6.04 Å². The van der Waals surface area contributed by atoms with E-state index in [1.807, 2.05) is 0 Å². The Kier molecular flexibility index (Phi) is 5.78. The molecule has 1 nitrogen and oxygen atoms in total. The van der Waals surface area contributed by atoms with E-state index in [4.69, 9.17) is 0 Å². The van der Waals surface area contributed by atoms with Crippen molar-refractivity contribution in [3.8, 4) is 0 Å². The predicted molar refractivity (Wildman–Crippen MR) is 71.5 cm³/mol. The minimum absolute atomic E-state index is 1.09. The summed E-state index contributed by atoms with van der Waals surface area (Å²) in [7, 11) is 8.16. The molecule has 0 N–H and O–H groups in total. The highest BCUT2D eigenvalue weighted by Crippen LogP contribution is 2.11. The summed E-state index contributed by atoms with van der Waals surface area (Å²) in [4.78, 5) is 0. The van der Waals surface area contributed by atoms with Crippen molar-refractivity contribution >= 4 is 10.2 Å². The van der Waals surface area contributed by atoms with Crippen molar-refractivity contribution in [2.75, 3.05) is 20.6 Å². The lowest BCUT2D eigenvalue weighted by atomic mass is 10.2. The van der Waals surface area contributed by atoms with Gasteiger partial charge in [0.1, 0.15) is 6.54 Å². The van der Waals surface area contributed by atoms with Crippen LogP contribution in [0.3, 0.4) is 0 Å². The lowest BCUT2D eigenvalue weighted by Gasteiger charge is -2.30. The van der Waals surface area contributed by atoms with Crippen LogP contribution < -0.4 is 0 Å². The summed E-state index contributed by atoms with van der Waals surface area (Å²) in [6, 6.07) is 11.9. The largest absolute Gasteiger partial charge is 0.325 e. The number of hydrogen-bond donors (Lipinski definition) is 0. The van der Waals surface area contributed by atoms with E-state index >= 15 is 0 Å². The summed E-state index contributed by atoms with van der Waals surface area (Å²) in [6.45, 7) is 2.40. The average molecular weight is 233 g/mol. The zero-order valence-electron chi connectivity index (χ0n) is 10.6. The molecule has 0 spiro atoms. The van der Waals surface area contributed by atoms with E-state index in [-0.39, 0.29) is 0 Å². The Bertz CT molecular complexity index is 282. The van der Waals surface area contributed by atoms with Crippen molar-refractivity contribution < 1.29 is 4.48 Å². The second-order valence-electron chi connectivity index (χ2n) is 5.11. The van der Waals surface area contributed by atoms with Crippen molar-refractivity contribution in [1.82, 2.24) is 0 Å². The van der Waals surface area contributed by atoms with Crippen LogP contribution in [0, 0.1) is 0 Å². The van der Waals surface area contributed by atoms with Crippen molar-refractivity contribution in [3.63, 3.8) is 0 Å². The first-order chi connectivity index (χ1) is 7.64. The SMILES string of the molecule is C[N+](C)(CCCCC[Si])Cc1ccccc1. The van der Waals surface area contributed by atoms with Crippen LogP contribution in [0.4, 0.5) is 0 Å². The first-order valence-corrected chi connectivity index (χ1v) is 6.85. The molecule has 2 heteroatoms. The van der Waals surface area contributed by atoms with Crippen molar-refractivity contribution in [3.05, 3.63) is 35.9 Å². The summed E-state index contributed by atoms with van der Waals surface area (Å²) in [6.07, 6.45) is 3.95. The van der Waals surface area contributed by atoms with E-state index in [2.05, 4.69) is 54.7 Å². The van der Waals surface area contributed by atoms with Crippen LogP contribution in [0.15, 0.2) is 30.3 Å². The van der Waals surface area contributed by atoms with Crippen LogP contribution in [0.5, 0.6) is 0 Å². The molecule has 0 fully saturated rings. The number of rotatable bonds is 7. The number of benzene rings is 1. The fourth-order valence-corrected chi connectivity index (χ4v) is 2.25. The minimum Gasteiger partial charge on any atom is -0.325 e. The van der Waals surface area contributed by atoms with E-state index in [0.717, 1.165) is 17.1 Å². The summed E-state index contributed by atoms with van der Waals surface area (Å²) in [5.74, 6) is 0. The summed E-state index contributed by atoms with van der Waals surface area (Å²) in [5, 5.41) is 0. The van der Waals surface area contributed by atoms with Gasteiger partial charge in [0.15, 0.2) is 0 Å². The Morgan fingerprint density at radius 2 is 1.69 bits per heavy atom. The molecule has 1 rings (SSSR count). The highest BCUT2D eigenvalue weighted by atomic mass is 28.1. The van der Waals surface area contributed by atoms with E-state index in [0.29, 0.717) is 0 Å². The Balaban J connectivity index is 2.33. The number of nitrogens with zero attached hydrogens (tertiary/aromatic N) is 1. The zero-order valence-corrected chi connectivity index (χ0v) is 11.6. The molecule has 0 saturated carbocycles. The monoisotopic (exact) mass is 233 g/mol. The van der Waals surface area contributed by atoms with Crippen LogP contribution in [-0.2, 0) is 6.54 Å². The van der Waals surface area contributed by atoms with E-state index in [9.17, 15) is 0 Å². The maximum absolute atomic E-state index is 3.52. The minimum atomic E-state index is 1.09. The van der Waals surface area contributed by atoms with Gasteiger partial charge in [0, 0.05) is 15.8 Å². The topological polar surface area (TPSA) is 0 Å². The molecule has 0 amide bonds. The van der Waals surface area contributed by atoms with E-state index < -0.39 is 0 Å². The summed E-state index contributed by atoms with van der Waals surface area (Å²) in [5.41, 5.74) is 1.44. The maximum Gasteiger partial charge on any atom is 0.104 e. The van der Waals surface area contributed by atoms with Crippen LogP contribution >= 0.6 is 0 Å². The van der Waals surface area contributed by atoms with Gasteiger partial charge in [0.25, 0.3) is 0 Å². The van der Waals surface area contributed by atoms with Crippen LogP contribution in [0.25, 0.3) is 0 Å². The normalized spacial score (nSPS) is 11.7. The lowest BCUT2D eigenvalue weighted by Crippen LogP contribution is -2.39. The van der Waals surface area contributed by atoms with E-state index in [1.54, 1.807) is 0 Å². The Hall–Kier alpha value is -0.603. The standard InChI is InChI=1S/C14H23NSi/c1-15(2,11-7-4-8-12-16)13-14-9-5-3-6-10-14/h3,5-6,9-10H,4,7-8,11-13H2,1-2H3/q+1. The molecule has 0 bridgehead atoms. The van der Waals surface area contributed by atoms with Gasteiger partial charge in [-0.1, -0.05) is 42.8 Å². The number of quaternary nitrogens is 1. The van der Waals surface area contributed by atoms with E-state index in [1.165, 1.54) is 31.4 Å². The molecule has 0 aliphatic heterocycles. The van der Waals surface area contributed by atoms with Gasteiger partial charge >= 0.3 is 0 Å². The molecule has 0 heterocycles. The molecule has 0 atom stereocenters. The molecule has 0 aliphatic carbocycles. The smallest absolute Gasteiger partial charge is 0.104 e. The van der Waals surface area contributed by atoms with Gasteiger partial charge in [-0.3, -0.25) is 0 Å². The molecular formula is C14H23NSi+. The van der Waals surface area contributed by atoms with Gasteiger partial charge in [-0.05, 0) is 12.8 Å². The maximum atomic E-state index is 3.52. The average Bonchev–Trinajstić information content (AvgIpc) is 2.25. The lowest BCUT2D eigenvalue weighted by molar-refractivity contribution is -0.903. The van der Waals surface area contributed by atoms with Gasteiger partial charge in [0.05, 0.1) is 20.6 Å². The molecule has 0 unspecified atom stereocenters. The highest BCUT2D eigenvalue weighted by molar-refractivity contribution is 6.08. The fraction of sp³-hybridized carbons (Fsp3) is 0.571. The molecule has 16 heavy (non-hydrogen) atoms. The van der Waals surface area contributed by atoms with Crippen molar-refractivity contribution in [1.29, 1.82) is 0 Å². The van der Waals surface area contributed by atoms with Gasteiger partial charge in [-0.2, -0.15) is 0 Å². The first kappa shape index (κ1) is 13.5. The van der Waals surface area contributed by atoms with Gasteiger partial charge in [-0.15, -0.1) is 0 Å². The molecule has 0 aromatic heterocycles.